The van der Waals surface area contributed by atoms with Crippen LogP contribution in [0.1, 0.15) is 58.2 Å². The molecule has 0 aliphatic heterocycles. The van der Waals surface area contributed by atoms with E-state index >= 15 is 0 Å². The van der Waals surface area contributed by atoms with Crippen molar-refractivity contribution in [1.29, 1.82) is 5.26 Å². The van der Waals surface area contributed by atoms with Gasteiger partial charge in [-0.1, -0.05) is 31.9 Å². The molecule has 0 saturated heterocycles. The first-order chi connectivity index (χ1) is 18.4. The van der Waals surface area contributed by atoms with E-state index in [1.165, 1.54) is 7.11 Å². The first-order valence-corrected chi connectivity index (χ1v) is 12.6. The van der Waals surface area contributed by atoms with Gasteiger partial charge in [-0.3, -0.25) is 9.59 Å². The molecule has 0 fully saturated rings. The minimum atomic E-state index is -1.19. The molecule has 2 unspecified atom stereocenters. The summed E-state index contributed by atoms with van der Waals surface area (Å²) in [5.41, 5.74) is 0.738. The summed E-state index contributed by atoms with van der Waals surface area (Å²) in [4.78, 5) is 41.4. The molecule has 3 amide bonds. The molecule has 0 aliphatic carbocycles. The van der Waals surface area contributed by atoms with Crippen LogP contribution in [0.2, 0.25) is 0 Å². The average molecular weight is 533 g/mol. The van der Waals surface area contributed by atoms with Gasteiger partial charge in [0.15, 0.2) is 0 Å². The number of carbonyl (C=O) groups excluding carboxylic acids is 3. The molecule has 0 aromatic heterocycles. The number of benzene rings is 2. The third-order valence-electron chi connectivity index (χ3n) is 5.53. The number of hydrogen-bond acceptors (Lipinski definition) is 6. The predicted molar refractivity (Wildman–Crippen MR) is 149 cm³/mol. The van der Waals surface area contributed by atoms with Crippen LogP contribution in [0.25, 0.3) is 0 Å². The number of ether oxygens (including phenoxy) is 2. The second kappa shape index (κ2) is 13.9. The van der Waals surface area contributed by atoms with Crippen molar-refractivity contribution in [2.75, 3.05) is 19.0 Å². The number of nitrogens with zero attached hydrogens (tertiary/aromatic N) is 2. The van der Waals surface area contributed by atoms with Crippen molar-refractivity contribution in [3.63, 3.8) is 0 Å². The Morgan fingerprint density at radius 2 is 1.67 bits per heavy atom. The Morgan fingerprint density at radius 1 is 1.05 bits per heavy atom. The molecule has 39 heavy (non-hydrogen) atoms. The topological polar surface area (TPSA) is 121 Å². The number of terminal acetylenes is 1. The molecule has 0 spiro atoms. The maximum atomic E-state index is 13.9. The van der Waals surface area contributed by atoms with Crippen LogP contribution >= 0.6 is 0 Å². The van der Waals surface area contributed by atoms with Crippen LogP contribution in [0.15, 0.2) is 48.5 Å². The standard InChI is InChI=1S/C30H36N4O5/c1-8-21-9-11-22(12-10-21)26(27(35)32-23-13-15-24(38-7)16-14-23)34(18-17-31)28(36)25(19-20(2)3)33-29(37)39-30(4,5)6/h1,9-16,20,25-26H,18-19H2,2-7H3,(H,32,35)(H,33,37). The first kappa shape index (κ1) is 30.7. The van der Waals surface area contributed by atoms with Gasteiger partial charge >= 0.3 is 6.09 Å². The number of hydrogen-bond donors (Lipinski definition) is 2. The lowest BCUT2D eigenvalue weighted by molar-refractivity contribution is -0.140. The van der Waals surface area contributed by atoms with Crippen molar-refractivity contribution < 1.29 is 23.9 Å². The number of amides is 3. The molecular formula is C30H36N4O5. The summed E-state index contributed by atoms with van der Waals surface area (Å²) in [5, 5.41) is 15.1. The molecule has 9 nitrogen and oxygen atoms in total. The molecule has 9 heteroatoms. The van der Waals surface area contributed by atoms with E-state index in [0.29, 0.717) is 22.6 Å². The highest BCUT2D eigenvalue weighted by Crippen LogP contribution is 2.26. The monoisotopic (exact) mass is 532 g/mol. The molecule has 0 saturated carbocycles. The molecule has 2 aromatic rings. The van der Waals surface area contributed by atoms with Gasteiger partial charge in [0, 0.05) is 11.3 Å². The summed E-state index contributed by atoms with van der Waals surface area (Å²) in [5.74, 6) is 2.01. The molecule has 0 bridgehead atoms. The largest absolute Gasteiger partial charge is 0.497 e. The van der Waals surface area contributed by atoms with Crippen molar-refractivity contribution >= 4 is 23.6 Å². The van der Waals surface area contributed by atoms with Crippen LogP contribution in [0.4, 0.5) is 10.5 Å². The predicted octanol–water partition coefficient (Wildman–Crippen LogP) is 4.65. The number of carbonyl (C=O) groups is 3. The van der Waals surface area contributed by atoms with E-state index < -0.39 is 42.1 Å². The fraction of sp³-hybridized carbons (Fsp3) is 0.400. The minimum absolute atomic E-state index is 0.0133. The zero-order valence-corrected chi connectivity index (χ0v) is 23.3. The zero-order valence-electron chi connectivity index (χ0n) is 23.3. The smallest absolute Gasteiger partial charge is 0.408 e. The minimum Gasteiger partial charge on any atom is -0.497 e. The Balaban J connectivity index is 2.51. The Hall–Kier alpha value is -4.50. The summed E-state index contributed by atoms with van der Waals surface area (Å²) in [7, 11) is 1.54. The van der Waals surface area contributed by atoms with E-state index in [4.69, 9.17) is 15.9 Å². The van der Waals surface area contributed by atoms with E-state index in [0.717, 1.165) is 4.90 Å². The molecular weight excluding hydrogens is 496 g/mol. The van der Waals surface area contributed by atoms with E-state index in [9.17, 15) is 19.6 Å². The van der Waals surface area contributed by atoms with E-state index in [1.807, 2.05) is 19.9 Å². The van der Waals surface area contributed by atoms with Gasteiger partial charge in [0.2, 0.25) is 5.91 Å². The number of methoxy groups -OCH3 is 1. The second-order valence-corrected chi connectivity index (χ2v) is 10.3. The maximum absolute atomic E-state index is 13.9. The van der Waals surface area contributed by atoms with E-state index in [2.05, 4.69) is 16.6 Å². The van der Waals surface area contributed by atoms with Gasteiger partial charge in [-0.25, -0.2) is 4.79 Å². The van der Waals surface area contributed by atoms with Crippen LogP contribution in [-0.2, 0) is 14.3 Å². The molecule has 2 aromatic carbocycles. The van der Waals surface area contributed by atoms with Crippen molar-refractivity contribution in [2.45, 2.75) is 58.7 Å². The Morgan fingerprint density at radius 3 is 2.15 bits per heavy atom. The molecule has 0 radical (unpaired) electrons. The van der Waals surface area contributed by atoms with E-state index in [-0.39, 0.29) is 12.3 Å². The quantitative estimate of drug-likeness (QED) is 0.340. The number of anilines is 1. The highest BCUT2D eigenvalue weighted by molar-refractivity contribution is 5.99. The molecule has 2 N–H and O–H groups in total. The second-order valence-electron chi connectivity index (χ2n) is 10.3. The number of alkyl carbamates (subject to hydrolysis) is 1. The Labute approximate surface area is 230 Å². The van der Waals surface area contributed by atoms with Gasteiger partial charge < -0.3 is 25.0 Å². The average Bonchev–Trinajstić information content (AvgIpc) is 2.87. The van der Waals surface area contributed by atoms with Crippen molar-refractivity contribution in [2.24, 2.45) is 5.92 Å². The van der Waals surface area contributed by atoms with Gasteiger partial charge in [0.25, 0.3) is 5.91 Å². The van der Waals surface area contributed by atoms with Crippen LogP contribution in [0.5, 0.6) is 5.75 Å². The van der Waals surface area contributed by atoms with Crippen molar-refractivity contribution in [3.8, 4) is 24.2 Å². The fourth-order valence-electron chi connectivity index (χ4n) is 3.83. The lowest BCUT2D eigenvalue weighted by atomic mass is 9.98. The van der Waals surface area contributed by atoms with Gasteiger partial charge in [-0.2, -0.15) is 5.26 Å². The SMILES string of the molecule is C#Cc1ccc(C(C(=O)Nc2ccc(OC)cc2)N(CC#N)C(=O)C(CC(C)C)NC(=O)OC(C)(C)C)cc1. The summed E-state index contributed by atoms with van der Waals surface area (Å²) in [6.07, 6.45) is 4.99. The van der Waals surface area contributed by atoms with Crippen LogP contribution < -0.4 is 15.4 Å². The van der Waals surface area contributed by atoms with Crippen LogP contribution in [-0.4, -0.2) is 48.1 Å². The highest BCUT2D eigenvalue weighted by atomic mass is 16.6. The molecule has 0 aliphatic rings. The normalized spacial score (nSPS) is 12.3. The molecule has 206 valence electrons. The summed E-state index contributed by atoms with van der Waals surface area (Å²) < 4.78 is 10.5. The Kier molecular flexibility index (Phi) is 10.9. The number of rotatable bonds is 10. The van der Waals surface area contributed by atoms with Crippen molar-refractivity contribution in [1.82, 2.24) is 10.2 Å². The third-order valence-corrected chi connectivity index (χ3v) is 5.53. The summed E-state index contributed by atoms with van der Waals surface area (Å²) >= 11 is 0. The Bertz CT molecular complexity index is 1220. The highest BCUT2D eigenvalue weighted by Gasteiger charge is 2.36. The van der Waals surface area contributed by atoms with E-state index in [1.54, 1.807) is 69.3 Å². The number of nitrogens with one attached hydrogen (secondary N) is 2. The van der Waals surface area contributed by atoms with Gasteiger partial charge in [0.05, 0.1) is 13.2 Å². The lowest BCUT2D eigenvalue weighted by Crippen LogP contribution is -2.52. The van der Waals surface area contributed by atoms with Gasteiger partial charge in [-0.15, -0.1) is 6.42 Å². The van der Waals surface area contributed by atoms with Crippen LogP contribution in [0.3, 0.4) is 0 Å². The maximum Gasteiger partial charge on any atom is 0.408 e. The summed E-state index contributed by atoms with van der Waals surface area (Å²) in [6, 6.07) is 13.1. The van der Waals surface area contributed by atoms with Crippen LogP contribution in [0, 0.1) is 29.6 Å². The molecule has 2 rings (SSSR count). The van der Waals surface area contributed by atoms with Gasteiger partial charge in [0.1, 0.15) is 30.0 Å². The molecule has 2 atom stereocenters. The lowest BCUT2D eigenvalue weighted by Gasteiger charge is -2.33. The molecule has 0 heterocycles. The summed E-state index contributed by atoms with van der Waals surface area (Å²) in [6.45, 7) is 8.55. The van der Waals surface area contributed by atoms with Gasteiger partial charge in [-0.05, 0) is 75.1 Å². The third kappa shape index (κ3) is 9.39. The zero-order chi connectivity index (χ0) is 29.2. The first-order valence-electron chi connectivity index (χ1n) is 12.6. The van der Waals surface area contributed by atoms with Crippen molar-refractivity contribution in [3.05, 3.63) is 59.7 Å². The fourth-order valence-corrected chi connectivity index (χ4v) is 3.83. The number of nitriles is 1.